The largest absolute Gasteiger partial charge is 0.416 e. The maximum absolute atomic E-state index is 12.6. The van der Waals surface area contributed by atoms with Gasteiger partial charge in [-0.2, -0.15) is 13.2 Å². The minimum absolute atomic E-state index is 0.00921. The fraction of sp³-hybridized carbons (Fsp3) is 0.611. The molecule has 2 saturated carbocycles. The van der Waals surface area contributed by atoms with Crippen LogP contribution in [0, 0.1) is 17.8 Å². The van der Waals surface area contributed by atoms with Gasteiger partial charge in [0.15, 0.2) is 0 Å². The Labute approximate surface area is 134 Å². The molecule has 1 amide bonds. The summed E-state index contributed by atoms with van der Waals surface area (Å²) in [6.45, 7) is 1.81. The van der Waals surface area contributed by atoms with E-state index in [9.17, 15) is 18.0 Å². The van der Waals surface area contributed by atoms with Gasteiger partial charge in [-0.25, -0.2) is 0 Å². The van der Waals surface area contributed by atoms with Gasteiger partial charge in [0.2, 0.25) is 5.91 Å². The fourth-order valence-corrected chi connectivity index (χ4v) is 4.21. The summed E-state index contributed by atoms with van der Waals surface area (Å²) in [5.74, 6) is 2.01. The van der Waals surface area contributed by atoms with Crippen LogP contribution in [0.2, 0.25) is 0 Å². The SMILES string of the molecule is C[C@@H](NC(=O)C[C@@H]1C[C@H]2CC[C@H]1C2)c1ccc(C(F)(F)F)cc1. The van der Waals surface area contributed by atoms with Crippen molar-refractivity contribution in [1.82, 2.24) is 5.32 Å². The number of carbonyl (C=O) groups excluding carboxylic acids is 1. The van der Waals surface area contributed by atoms with E-state index < -0.39 is 11.7 Å². The molecule has 0 aromatic heterocycles. The lowest BCUT2D eigenvalue weighted by atomic mass is 9.86. The lowest BCUT2D eigenvalue weighted by Crippen LogP contribution is -2.29. The molecule has 3 rings (SSSR count). The molecule has 2 bridgehead atoms. The van der Waals surface area contributed by atoms with Gasteiger partial charge in [-0.05, 0) is 61.6 Å². The van der Waals surface area contributed by atoms with Gasteiger partial charge in [0.05, 0.1) is 11.6 Å². The molecule has 1 aromatic rings. The van der Waals surface area contributed by atoms with E-state index >= 15 is 0 Å². The Morgan fingerprint density at radius 2 is 1.91 bits per heavy atom. The third kappa shape index (κ3) is 3.70. The van der Waals surface area contributed by atoms with Crippen LogP contribution in [-0.4, -0.2) is 5.91 Å². The molecule has 0 heterocycles. The summed E-state index contributed by atoms with van der Waals surface area (Å²) in [7, 11) is 0. The molecule has 0 saturated heterocycles. The van der Waals surface area contributed by atoms with Crippen molar-refractivity contribution < 1.29 is 18.0 Å². The van der Waals surface area contributed by atoms with Crippen LogP contribution in [0.4, 0.5) is 13.2 Å². The molecular weight excluding hydrogens is 303 g/mol. The van der Waals surface area contributed by atoms with Gasteiger partial charge in [-0.3, -0.25) is 4.79 Å². The third-order valence-corrected chi connectivity index (χ3v) is 5.45. The highest BCUT2D eigenvalue weighted by atomic mass is 19.4. The van der Waals surface area contributed by atoms with E-state index in [1.165, 1.54) is 31.4 Å². The summed E-state index contributed by atoms with van der Waals surface area (Å²) in [6, 6.07) is 4.72. The Morgan fingerprint density at radius 1 is 1.22 bits per heavy atom. The van der Waals surface area contributed by atoms with E-state index in [1.807, 2.05) is 0 Å². The molecule has 0 radical (unpaired) electrons. The number of halogens is 3. The lowest BCUT2D eigenvalue weighted by molar-refractivity contribution is -0.137. The predicted octanol–water partition coefficient (Wildman–Crippen LogP) is 4.71. The Hall–Kier alpha value is -1.52. The molecule has 1 aromatic carbocycles. The molecule has 2 fully saturated rings. The van der Waals surface area contributed by atoms with Gasteiger partial charge in [-0.1, -0.05) is 18.6 Å². The van der Waals surface area contributed by atoms with E-state index in [2.05, 4.69) is 5.32 Å². The van der Waals surface area contributed by atoms with Crippen LogP contribution in [0.5, 0.6) is 0 Å². The van der Waals surface area contributed by atoms with E-state index in [4.69, 9.17) is 0 Å². The average Bonchev–Trinajstić information content (AvgIpc) is 3.09. The molecule has 23 heavy (non-hydrogen) atoms. The van der Waals surface area contributed by atoms with Crippen LogP contribution >= 0.6 is 0 Å². The smallest absolute Gasteiger partial charge is 0.350 e. The number of carbonyl (C=O) groups is 1. The first-order chi connectivity index (χ1) is 10.8. The molecule has 2 aliphatic rings. The van der Waals surface area contributed by atoms with Crippen LogP contribution in [0.1, 0.15) is 56.2 Å². The van der Waals surface area contributed by atoms with Gasteiger partial charge in [0.25, 0.3) is 0 Å². The number of hydrogen-bond acceptors (Lipinski definition) is 1. The molecular formula is C18H22F3NO. The maximum Gasteiger partial charge on any atom is 0.416 e. The first-order valence-corrected chi connectivity index (χ1v) is 8.29. The summed E-state index contributed by atoms with van der Waals surface area (Å²) >= 11 is 0. The van der Waals surface area contributed by atoms with Gasteiger partial charge in [0, 0.05) is 6.42 Å². The molecule has 5 heteroatoms. The first-order valence-electron chi connectivity index (χ1n) is 8.29. The van der Waals surface area contributed by atoms with E-state index in [-0.39, 0.29) is 11.9 Å². The van der Waals surface area contributed by atoms with Gasteiger partial charge < -0.3 is 5.32 Å². The van der Waals surface area contributed by atoms with Crippen LogP contribution in [0.25, 0.3) is 0 Å². The van der Waals surface area contributed by atoms with Crippen molar-refractivity contribution in [1.29, 1.82) is 0 Å². The number of hydrogen-bond donors (Lipinski definition) is 1. The van der Waals surface area contributed by atoms with Gasteiger partial charge >= 0.3 is 6.18 Å². The lowest BCUT2D eigenvalue weighted by Gasteiger charge is -2.22. The number of amides is 1. The number of nitrogens with one attached hydrogen (secondary N) is 1. The first kappa shape index (κ1) is 16.3. The van der Waals surface area contributed by atoms with Crippen LogP contribution in [0.15, 0.2) is 24.3 Å². The van der Waals surface area contributed by atoms with Crippen molar-refractivity contribution in [3.8, 4) is 0 Å². The predicted molar refractivity (Wildman–Crippen MR) is 81.6 cm³/mol. The summed E-state index contributed by atoms with van der Waals surface area (Å²) in [6.07, 6.45) is 1.21. The molecule has 2 aliphatic carbocycles. The van der Waals surface area contributed by atoms with Crippen LogP contribution < -0.4 is 5.32 Å². The second kappa shape index (κ2) is 6.17. The van der Waals surface area contributed by atoms with Crippen molar-refractivity contribution in [2.45, 2.75) is 51.2 Å². The molecule has 126 valence electrons. The Bertz CT molecular complexity index is 567. The second-order valence-corrected chi connectivity index (χ2v) is 7.05. The average molecular weight is 325 g/mol. The zero-order valence-corrected chi connectivity index (χ0v) is 13.2. The summed E-state index contributed by atoms with van der Waals surface area (Å²) in [4.78, 5) is 12.2. The highest BCUT2D eigenvalue weighted by Crippen LogP contribution is 2.49. The molecule has 0 unspecified atom stereocenters. The van der Waals surface area contributed by atoms with E-state index in [0.29, 0.717) is 23.8 Å². The maximum atomic E-state index is 12.6. The van der Waals surface area contributed by atoms with Crippen molar-refractivity contribution in [3.63, 3.8) is 0 Å². The highest BCUT2D eigenvalue weighted by molar-refractivity contribution is 5.76. The minimum Gasteiger partial charge on any atom is -0.350 e. The minimum atomic E-state index is -4.33. The molecule has 4 atom stereocenters. The Balaban J connectivity index is 1.54. The van der Waals surface area contributed by atoms with E-state index in [1.54, 1.807) is 6.92 Å². The molecule has 1 N–H and O–H groups in total. The Kier molecular flexibility index (Phi) is 4.39. The van der Waals surface area contributed by atoms with Crippen molar-refractivity contribution >= 4 is 5.91 Å². The van der Waals surface area contributed by atoms with Crippen molar-refractivity contribution in [3.05, 3.63) is 35.4 Å². The number of rotatable bonds is 4. The van der Waals surface area contributed by atoms with Gasteiger partial charge in [-0.15, -0.1) is 0 Å². The normalized spacial score (nSPS) is 27.9. The summed E-state index contributed by atoms with van der Waals surface area (Å²) in [5, 5.41) is 2.92. The van der Waals surface area contributed by atoms with Crippen molar-refractivity contribution in [2.75, 3.05) is 0 Å². The summed E-state index contributed by atoms with van der Waals surface area (Å²) in [5.41, 5.74) is 0.0287. The quantitative estimate of drug-likeness (QED) is 0.853. The zero-order valence-electron chi connectivity index (χ0n) is 13.2. The van der Waals surface area contributed by atoms with Crippen LogP contribution in [0.3, 0.4) is 0 Å². The topological polar surface area (TPSA) is 29.1 Å². The molecule has 0 spiro atoms. The number of alkyl halides is 3. The standard InChI is InChI=1S/C18H22F3NO/c1-11(13-4-6-16(7-5-13)18(19,20)21)22-17(23)10-15-9-12-2-3-14(15)8-12/h4-7,11-12,14-15H,2-3,8-10H2,1H3,(H,22,23)/t11-,12+,14+,15+/m1/s1. The summed E-state index contributed by atoms with van der Waals surface area (Å²) < 4.78 is 37.7. The fourth-order valence-electron chi connectivity index (χ4n) is 4.21. The Morgan fingerprint density at radius 3 is 2.43 bits per heavy atom. The monoisotopic (exact) mass is 325 g/mol. The van der Waals surface area contributed by atoms with Gasteiger partial charge in [0.1, 0.15) is 0 Å². The number of benzene rings is 1. The van der Waals surface area contributed by atoms with Crippen molar-refractivity contribution in [2.24, 2.45) is 17.8 Å². The highest BCUT2D eigenvalue weighted by Gasteiger charge is 2.40. The molecule has 0 aliphatic heterocycles. The second-order valence-electron chi connectivity index (χ2n) is 7.05. The number of fused-ring (bicyclic) bond motifs is 2. The molecule has 2 nitrogen and oxygen atoms in total. The van der Waals surface area contributed by atoms with Crippen LogP contribution in [-0.2, 0) is 11.0 Å². The third-order valence-electron chi connectivity index (χ3n) is 5.45. The zero-order chi connectivity index (χ0) is 16.6. The van der Waals surface area contributed by atoms with E-state index in [0.717, 1.165) is 24.5 Å².